The predicted molar refractivity (Wildman–Crippen MR) is 56.7 cm³/mol. The molecule has 0 bridgehead atoms. The van der Waals surface area contributed by atoms with Gasteiger partial charge in [-0.2, -0.15) is 18.2 Å². The Balaban J connectivity index is 2.48. The lowest BCUT2D eigenvalue weighted by Gasteiger charge is -2.13. The maximum absolute atomic E-state index is 11.8. The summed E-state index contributed by atoms with van der Waals surface area (Å²) in [5, 5.41) is 3.54. The van der Waals surface area contributed by atoms with Gasteiger partial charge < -0.3 is 15.0 Å². The van der Waals surface area contributed by atoms with Crippen LogP contribution in [-0.4, -0.2) is 29.0 Å². The molecule has 1 aromatic rings. The van der Waals surface area contributed by atoms with Gasteiger partial charge in [-0.3, -0.25) is 0 Å². The minimum atomic E-state index is -4.36. The van der Waals surface area contributed by atoms with Crippen LogP contribution in [0.1, 0.15) is 37.9 Å². The first-order valence-electron chi connectivity index (χ1n) is 5.56. The summed E-state index contributed by atoms with van der Waals surface area (Å²) in [6, 6.07) is -0.130. The van der Waals surface area contributed by atoms with Gasteiger partial charge in [0.1, 0.15) is 13.2 Å². The molecule has 0 aliphatic rings. The highest BCUT2D eigenvalue weighted by molar-refractivity contribution is 4.95. The zero-order valence-corrected chi connectivity index (χ0v) is 10.2. The molecule has 8 heteroatoms. The Morgan fingerprint density at radius 1 is 1.44 bits per heavy atom. The number of alkyl halides is 3. The van der Waals surface area contributed by atoms with E-state index in [9.17, 15) is 13.2 Å². The normalized spacial score (nSPS) is 15.7. The number of halogens is 3. The van der Waals surface area contributed by atoms with Crippen molar-refractivity contribution in [2.24, 2.45) is 5.73 Å². The van der Waals surface area contributed by atoms with Crippen molar-refractivity contribution in [3.05, 3.63) is 11.7 Å². The highest BCUT2D eigenvalue weighted by Crippen LogP contribution is 2.19. The van der Waals surface area contributed by atoms with Crippen LogP contribution in [0.4, 0.5) is 13.2 Å². The van der Waals surface area contributed by atoms with Crippen molar-refractivity contribution in [1.29, 1.82) is 0 Å². The summed E-state index contributed by atoms with van der Waals surface area (Å²) in [6.45, 7) is 2.07. The second-order valence-corrected chi connectivity index (χ2v) is 4.02. The Hall–Kier alpha value is -1.15. The first kappa shape index (κ1) is 14.9. The number of aromatic nitrogens is 2. The average molecular weight is 267 g/mol. The topological polar surface area (TPSA) is 74.2 Å². The van der Waals surface area contributed by atoms with Gasteiger partial charge in [-0.15, -0.1) is 0 Å². The SMILES string of the molecule is CCC(N)C(C)c1nc(COCC(F)(F)F)no1. The van der Waals surface area contributed by atoms with Crippen LogP contribution < -0.4 is 5.73 Å². The second kappa shape index (κ2) is 6.14. The number of nitrogens with two attached hydrogens (primary N) is 1. The molecular weight excluding hydrogens is 251 g/mol. The molecule has 1 rings (SSSR count). The summed E-state index contributed by atoms with van der Waals surface area (Å²) in [6.07, 6.45) is -3.62. The lowest BCUT2D eigenvalue weighted by atomic mass is 10.0. The maximum Gasteiger partial charge on any atom is 0.411 e. The fourth-order valence-electron chi connectivity index (χ4n) is 1.31. The molecule has 0 saturated heterocycles. The molecule has 2 atom stereocenters. The smallest absolute Gasteiger partial charge is 0.364 e. The van der Waals surface area contributed by atoms with Crippen LogP contribution in [0.5, 0.6) is 0 Å². The van der Waals surface area contributed by atoms with Crippen molar-refractivity contribution in [3.63, 3.8) is 0 Å². The van der Waals surface area contributed by atoms with E-state index in [0.29, 0.717) is 5.89 Å². The Morgan fingerprint density at radius 3 is 2.67 bits per heavy atom. The summed E-state index contributed by atoms with van der Waals surface area (Å²) in [5.74, 6) is 0.262. The third-order valence-corrected chi connectivity index (χ3v) is 2.48. The first-order chi connectivity index (χ1) is 8.33. The number of ether oxygens (including phenoxy) is 1. The lowest BCUT2D eigenvalue weighted by Crippen LogP contribution is -2.25. The molecule has 0 spiro atoms. The zero-order chi connectivity index (χ0) is 13.8. The molecule has 104 valence electrons. The highest BCUT2D eigenvalue weighted by Gasteiger charge is 2.28. The van der Waals surface area contributed by atoms with Crippen molar-refractivity contribution in [1.82, 2.24) is 10.1 Å². The molecule has 2 N–H and O–H groups in total. The first-order valence-corrected chi connectivity index (χ1v) is 5.56. The van der Waals surface area contributed by atoms with Gasteiger partial charge in [0.05, 0.1) is 5.92 Å². The van der Waals surface area contributed by atoms with Crippen LogP contribution in [0.15, 0.2) is 4.52 Å². The predicted octanol–water partition coefficient (Wildman–Crippen LogP) is 1.99. The van der Waals surface area contributed by atoms with Crippen LogP contribution in [0.3, 0.4) is 0 Å². The quantitative estimate of drug-likeness (QED) is 0.853. The van der Waals surface area contributed by atoms with E-state index in [1.807, 2.05) is 13.8 Å². The van der Waals surface area contributed by atoms with E-state index >= 15 is 0 Å². The fourth-order valence-corrected chi connectivity index (χ4v) is 1.31. The van der Waals surface area contributed by atoms with Gasteiger partial charge in [-0.05, 0) is 6.42 Å². The molecular formula is C10H16F3N3O2. The molecule has 1 heterocycles. The van der Waals surface area contributed by atoms with Crippen molar-refractivity contribution in [2.45, 2.75) is 45.0 Å². The van der Waals surface area contributed by atoms with E-state index in [1.54, 1.807) is 0 Å². The Morgan fingerprint density at radius 2 is 2.11 bits per heavy atom. The van der Waals surface area contributed by atoms with Crippen molar-refractivity contribution in [2.75, 3.05) is 6.61 Å². The van der Waals surface area contributed by atoms with Gasteiger partial charge >= 0.3 is 6.18 Å². The van der Waals surface area contributed by atoms with E-state index < -0.39 is 12.8 Å². The van der Waals surface area contributed by atoms with Gasteiger partial charge in [-0.25, -0.2) is 0 Å². The van der Waals surface area contributed by atoms with Crippen LogP contribution in [0, 0.1) is 0 Å². The Kier molecular flexibility index (Phi) is 5.09. The van der Waals surface area contributed by atoms with E-state index in [4.69, 9.17) is 10.3 Å². The molecule has 0 amide bonds. The van der Waals surface area contributed by atoms with Crippen LogP contribution in [0.2, 0.25) is 0 Å². The average Bonchev–Trinajstić information content (AvgIpc) is 2.74. The zero-order valence-electron chi connectivity index (χ0n) is 10.2. The third kappa shape index (κ3) is 4.61. The van der Waals surface area contributed by atoms with Gasteiger partial charge in [0.25, 0.3) is 0 Å². The van der Waals surface area contributed by atoms with Crippen LogP contribution in [0.25, 0.3) is 0 Å². The minimum Gasteiger partial charge on any atom is -0.364 e. The number of hydrogen-bond donors (Lipinski definition) is 1. The summed E-state index contributed by atoms with van der Waals surface area (Å²) in [4.78, 5) is 3.95. The standard InChI is InChI=1S/C10H16F3N3O2/c1-3-7(14)6(2)9-15-8(16-18-9)4-17-5-10(11,12)13/h6-7H,3-5,14H2,1-2H3. The molecule has 0 radical (unpaired) electrons. The van der Waals surface area contributed by atoms with Gasteiger partial charge in [0.15, 0.2) is 5.82 Å². The van der Waals surface area contributed by atoms with E-state index in [-0.39, 0.29) is 24.4 Å². The minimum absolute atomic E-state index is 0.0874. The van der Waals surface area contributed by atoms with Gasteiger partial charge in [-0.1, -0.05) is 19.0 Å². The third-order valence-electron chi connectivity index (χ3n) is 2.48. The maximum atomic E-state index is 11.8. The molecule has 18 heavy (non-hydrogen) atoms. The summed E-state index contributed by atoms with van der Waals surface area (Å²) < 4.78 is 44.9. The summed E-state index contributed by atoms with van der Waals surface area (Å²) >= 11 is 0. The molecule has 0 aliphatic heterocycles. The summed E-state index contributed by atoms with van der Waals surface area (Å²) in [5.41, 5.74) is 5.81. The van der Waals surface area contributed by atoms with Gasteiger partial charge in [0.2, 0.25) is 5.89 Å². The number of rotatable bonds is 6. The van der Waals surface area contributed by atoms with E-state index in [2.05, 4.69) is 14.9 Å². The molecule has 0 aromatic carbocycles. The monoisotopic (exact) mass is 267 g/mol. The second-order valence-electron chi connectivity index (χ2n) is 4.02. The van der Waals surface area contributed by atoms with E-state index in [1.165, 1.54) is 0 Å². The Bertz CT molecular complexity index is 367. The molecule has 0 saturated carbocycles. The number of hydrogen-bond acceptors (Lipinski definition) is 5. The Labute approximate surface area is 102 Å². The summed E-state index contributed by atoms with van der Waals surface area (Å²) in [7, 11) is 0. The fraction of sp³-hybridized carbons (Fsp3) is 0.800. The van der Waals surface area contributed by atoms with Crippen molar-refractivity contribution in [3.8, 4) is 0 Å². The lowest BCUT2D eigenvalue weighted by molar-refractivity contribution is -0.177. The number of nitrogens with zero attached hydrogens (tertiary/aromatic N) is 2. The van der Waals surface area contributed by atoms with Gasteiger partial charge in [0, 0.05) is 6.04 Å². The highest BCUT2D eigenvalue weighted by atomic mass is 19.4. The molecule has 0 fully saturated rings. The molecule has 0 aliphatic carbocycles. The van der Waals surface area contributed by atoms with Crippen LogP contribution >= 0.6 is 0 Å². The molecule has 2 unspecified atom stereocenters. The van der Waals surface area contributed by atoms with Crippen molar-refractivity contribution < 1.29 is 22.4 Å². The van der Waals surface area contributed by atoms with Crippen molar-refractivity contribution >= 4 is 0 Å². The molecule has 1 aromatic heterocycles. The van der Waals surface area contributed by atoms with Crippen LogP contribution in [-0.2, 0) is 11.3 Å². The largest absolute Gasteiger partial charge is 0.411 e. The van der Waals surface area contributed by atoms with E-state index in [0.717, 1.165) is 6.42 Å². The molecule has 5 nitrogen and oxygen atoms in total.